The van der Waals surface area contributed by atoms with Gasteiger partial charge in [-0.25, -0.2) is 0 Å². The van der Waals surface area contributed by atoms with Gasteiger partial charge in [-0.1, -0.05) is 0 Å². The summed E-state index contributed by atoms with van der Waals surface area (Å²) in [5.74, 6) is -2.51. The van der Waals surface area contributed by atoms with E-state index < -0.39 is 37.7 Å². The first-order valence-corrected chi connectivity index (χ1v) is 6.75. The van der Waals surface area contributed by atoms with Gasteiger partial charge in [0.15, 0.2) is 0 Å². The van der Waals surface area contributed by atoms with Gasteiger partial charge in [-0.15, -0.1) is 0 Å². The van der Waals surface area contributed by atoms with E-state index in [1.807, 2.05) is 0 Å². The number of rotatable bonds is 6. The first-order chi connectivity index (χ1) is 6.14. The summed E-state index contributed by atoms with van der Waals surface area (Å²) in [5.41, 5.74) is 0. The Bertz CT molecular complexity index is 320. The van der Waals surface area contributed by atoms with Crippen LogP contribution in [0.4, 0.5) is 0 Å². The van der Waals surface area contributed by atoms with Crippen molar-refractivity contribution in [3.05, 3.63) is 0 Å². The van der Waals surface area contributed by atoms with Crippen molar-refractivity contribution < 1.29 is 30.7 Å². The molecule has 9 heteroatoms. The lowest BCUT2D eigenvalue weighted by Crippen LogP contribution is -2.26. The van der Waals surface area contributed by atoms with Crippen molar-refractivity contribution in [2.45, 2.75) is 0 Å². The van der Waals surface area contributed by atoms with Crippen molar-refractivity contribution >= 4 is 20.2 Å². The van der Waals surface area contributed by atoms with Gasteiger partial charge in [-0.3, -0.25) is 9.11 Å². The fourth-order valence-electron chi connectivity index (χ4n) is 0.976. The lowest BCUT2D eigenvalue weighted by Gasteiger charge is -2.11. The van der Waals surface area contributed by atoms with E-state index in [2.05, 4.69) is 4.74 Å². The maximum absolute atomic E-state index is 10.4. The minimum Gasteiger partial charge on any atom is -0.384 e. The Morgan fingerprint density at radius 3 is 1.64 bits per heavy atom. The largest absolute Gasteiger partial charge is 0.384 e. The molecular weight excluding hydrogens is 236 g/mol. The minimum atomic E-state index is -4.27. The van der Waals surface area contributed by atoms with Crippen molar-refractivity contribution in [1.29, 1.82) is 0 Å². The summed E-state index contributed by atoms with van der Waals surface area (Å²) in [4.78, 5) is 0. The molecule has 0 rings (SSSR count). The van der Waals surface area contributed by atoms with Crippen LogP contribution in [-0.2, 0) is 25.0 Å². The summed E-state index contributed by atoms with van der Waals surface area (Å²) in [6.45, 7) is -0.181. The van der Waals surface area contributed by atoms with Crippen LogP contribution in [0.2, 0.25) is 0 Å². The van der Waals surface area contributed by atoms with Crippen molar-refractivity contribution in [3.63, 3.8) is 0 Å². The minimum absolute atomic E-state index is 0.181. The maximum atomic E-state index is 10.4. The van der Waals surface area contributed by atoms with Crippen LogP contribution in [-0.4, -0.2) is 51.2 Å². The molecule has 0 amide bonds. The molecule has 0 aromatic heterocycles. The zero-order chi connectivity index (χ0) is 11.4. The molecular formula is C5H12O7S2. The quantitative estimate of drug-likeness (QED) is 0.580. The second kappa shape index (κ2) is 5.03. The molecule has 0 aromatic carbocycles. The van der Waals surface area contributed by atoms with Gasteiger partial charge in [-0.05, 0) is 0 Å². The van der Waals surface area contributed by atoms with Gasteiger partial charge in [0.25, 0.3) is 20.2 Å². The predicted octanol–water partition coefficient (Wildman–Crippen LogP) is -0.975. The molecule has 0 spiro atoms. The Labute approximate surface area is 82.6 Å². The summed E-state index contributed by atoms with van der Waals surface area (Å²) in [5, 5.41) is 0. The van der Waals surface area contributed by atoms with Gasteiger partial charge in [0.05, 0.1) is 18.1 Å². The van der Waals surface area contributed by atoms with Gasteiger partial charge >= 0.3 is 0 Å². The molecule has 0 fully saturated rings. The molecule has 0 atom stereocenters. The third-order valence-corrected chi connectivity index (χ3v) is 3.08. The van der Waals surface area contributed by atoms with Gasteiger partial charge in [-0.2, -0.15) is 16.8 Å². The smallest absolute Gasteiger partial charge is 0.265 e. The molecule has 0 aliphatic carbocycles. The van der Waals surface area contributed by atoms with Gasteiger partial charge in [0, 0.05) is 13.0 Å². The number of hydrogen-bond donors (Lipinski definition) is 2. The second-order valence-electron chi connectivity index (χ2n) is 2.82. The lowest BCUT2D eigenvalue weighted by molar-refractivity contribution is 0.167. The molecule has 0 heterocycles. The highest BCUT2D eigenvalue weighted by Crippen LogP contribution is 2.05. The van der Waals surface area contributed by atoms with E-state index in [1.165, 1.54) is 7.11 Å². The summed E-state index contributed by atoms with van der Waals surface area (Å²) in [6, 6.07) is 0. The summed E-state index contributed by atoms with van der Waals surface area (Å²) in [6.07, 6.45) is 0. The van der Waals surface area contributed by atoms with E-state index in [-0.39, 0.29) is 6.61 Å². The van der Waals surface area contributed by atoms with Crippen LogP contribution in [0, 0.1) is 5.92 Å². The maximum Gasteiger partial charge on any atom is 0.265 e. The summed E-state index contributed by atoms with van der Waals surface area (Å²) >= 11 is 0. The zero-order valence-corrected chi connectivity index (χ0v) is 9.08. The zero-order valence-electron chi connectivity index (χ0n) is 7.45. The van der Waals surface area contributed by atoms with Gasteiger partial charge in [0.1, 0.15) is 0 Å². The van der Waals surface area contributed by atoms with Crippen LogP contribution in [0.3, 0.4) is 0 Å². The highest BCUT2D eigenvalue weighted by Gasteiger charge is 2.22. The molecule has 0 aromatic rings. The van der Waals surface area contributed by atoms with Crippen LogP contribution in [0.5, 0.6) is 0 Å². The highest BCUT2D eigenvalue weighted by atomic mass is 32.2. The average Bonchev–Trinajstić information content (AvgIpc) is 1.78. The van der Waals surface area contributed by atoms with Crippen molar-refractivity contribution in [2.24, 2.45) is 5.92 Å². The van der Waals surface area contributed by atoms with Crippen LogP contribution in [0.1, 0.15) is 0 Å². The van der Waals surface area contributed by atoms with Crippen molar-refractivity contribution in [1.82, 2.24) is 0 Å². The number of methoxy groups -OCH3 is 1. The lowest BCUT2D eigenvalue weighted by atomic mass is 10.2. The summed E-state index contributed by atoms with van der Waals surface area (Å²) in [7, 11) is -7.30. The molecule has 0 bridgehead atoms. The summed E-state index contributed by atoms with van der Waals surface area (Å²) < 4.78 is 63.2. The van der Waals surface area contributed by atoms with Crippen LogP contribution >= 0.6 is 0 Å². The molecule has 0 saturated heterocycles. The van der Waals surface area contributed by atoms with E-state index in [0.29, 0.717) is 0 Å². The van der Waals surface area contributed by atoms with Crippen molar-refractivity contribution in [2.75, 3.05) is 25.2 Å². The third-order valence-electron chi connectivity index (χ3n) is 1.30. The Morgan fingerprint density at radius 1 is 1.07 bits per heavy atom. The standard InChI is InChI=1S/C5H12O7S2/c1-12-2-5(3-13(6,7)8)4-14(9,10)11/h5H,2-4H2,1H3,(H,6,7,8)(H,9,10,11). The molecule has 14 heavy (non-hydrogen) atoms. The van der Waals surface area contributed by atoms with Crippen LogP contribution in [0.15, 0.2) is 0 Å². The molecule has 0 saturated carbocycles. The predicted molar refractivity (Wildman–Crippen MR) is 48.2 cm³/mol. The first-order valence-electron chi connectivity index (χ1n) is 3.53. The van der Waals surface area contributed by atoms with E-state index in [1.54, 1.807) is 0 Å². The fraction of sp³-hybridized carbons (Fsp3) is 1.00. The Balaban J connectivity index is 4.46. The molecule has 0 aliphatic rings. The highest BCUT2D eigenvalue weighted by molar-refractivity contribution is 7.86. The fourth-order valence-corrected chi connectivity index (χ4v) is 2.74. The number of ether oxygens (including phenoxy) is 1. The monoisotopic (exact) mass is 248 g/mol. The molecule has 0 radical (unpaired) electrons. The van der Waals surface area contributed by atoms with Crippen LogP contribution < -0.4 is 0 Å². The Kier molecular flexibility index (Phi) is 4.95. The van der Waals surface area contributed by atoms with Crippen molar-refractivity contribution in [3.8, 4) is 0 Å². The second-order valence-corrected chi connectivity index (χ2v) is 5.81. The third kappa shape index (κ3) is 8.38. The van der Waals surface area contributed by atoms with Gasteiger partial charge in [0.2, 0.25) is 0 Å². The van der Waals surface area contributed by atoms with E-state index in [9.17, 15) is 16.8 Å². The molecule has 2 N–H and O–H groups in total. The van der Waals surface area contributed by atoms with Gasteiger partial charge < -0.3 is 4.74 Å². The average molecular weight is 248 g/mol. The van der Waals surface area contributed by atoms with E-state index in [4.69, 9.17) is 9.11 Å². The number of hydrogen-bond acceptors (Lipinski definition) is 5. The molecule has 86 valence electrons. The van der Waals surface area contributed by atoms with E-state index in [0.717, 1.165) is 0 Å². The van der Waals surface area contributed by atoms with Crippen LogP contribution in [0.25, 0.3) is 0 Å². The molecule has 7 nitrogen and oxygen atoms in total. The Morgan fingerprint density at radius 2 is 1.43 bits per heavy atom. The van der Waals surface area contributed by atoms with E-state index >= 15 is 0 Å². The Hall–Kier alpha value is -0.220. The molecule has 0 aliphatic heterocycles. The normalized spacial score (nSPS) is 13.4. The topological polar surface area (TPSA) is 118 Å². The SMILES string of the molecule is COCC(CS(=O)(=O)O)CS(=O)(=O)O. The molecule has 0 unspecified atom stereocenters. The first kappa shape index (κ1) is 13.8.